The number of carbonyl (C=O) groups is 1. The summed E-state index contributed by atoms with van der Waals surface area (Å²) in [7, 11) is 1.65. The molecule has 0 bridgehead atoms. The maximum atomic E-state index is 10.8. The second-order valence-electron chi connectivity index (χ2n) is 3.66. The predicted molar refractivity (Wildman–Crippen MR) is 56.8 cm³/mol. The highest BCUT2D eigenvalue weighted by Crippen LogP contribution is 2.33. The van der Waals surface area contributed by atoms with Crippen molar-refractivity contribution in [2.24, 2.45) is 5.73 Å². The van der Waals surface area contributed by atoms with Crippen LogP contribution in [0.5, 0.6) is 5.75 Å². The normalized spacial score (nSPS) is 18.3. The summed E-state index contributed by atoms with van der Waals surface area (Å²) in [5.74, 6) is 0.855. The Morgan fingerprint density at radius 3 is 3.07 bits per heavy atom. The van der Waals surface area contributed by atoms with E-state index >= 15 is 0 Å². The molecular weight excluding hydrogens is 192 g/mol. The van der Waals surface area contributed by atoms with Crippen molar-refractivity contribution in [2.75, 3.05) is 7.11 Å². The first-order valence-corrected chi connectivity index (χ1v) is 4.93. The highest BCUT2D eigenvalue weighted by Gasteiger charge is 2.23. The molecule has 80 valence electrons. The molecule has 4 nitrogen and oxygen atoms in total. The summed E-state index contributed by atoms with van der Waals surface area (Å²) in [6.07, 6.45) is 1.86. The molecule has 1 aliphatic rings. The van der Waals surface area contributed by atoms with Gasteiger partial charge >= 0.3 is 6.03 Å². The number of amides is 2. The molecule has 0 spiro atoms. The maximum Gasteiger partial charge on any atom is 0.312 e. The quantitative estimate of drug-likeness (QED) is 0.767. The van der Waals surface area contributed by atoms with Gasteiger partial charge in [0.25, 0.3) is 0 Å². The van der Waals surface area contributed by atoms with Gasteiger partial charge < -0.3 is 15.8 Å². The van der Waals surface area contributed by atoms with Gasteiger partial charge in [-0.15, -0.1) is 0 Å². The number of fused-ring (bicyclic) bond motifs is 1. The minimum Gasteiger partial charge on any atom is -0.497 e. The van der Waals surface area contributed by atoms with E-state index in [9.17, 15) is 4.79 Å². The largest absolute Gasteiger partial charge is 0.497 e. The van der Waals surface area contributed by atoms with E-state index in [0.717, 1.165) is 24.2 Å². The lowest BCUT2D eigenvalue weighted by atomic mass is 10.1. The van der Waals surface area contributed by atoms with Crippen molar-refractivity contribution in [3.05, 3.63) is 29.3 Å². The number of nitrogens with two attached hydrogens (primary N) is 1. The Hall–Kier alpha value is -1.71. The zero-order valence-corrected chi connectivity index (χ0v) is 8.62. The molecule has 0 aromatic heterocycles. The first kappa shape index (κ1) is 9.83. The zero-order chi connectivity index (χ0) is 10.8. The second-order valence-corrected chi connectivity index (χ2v) is 3.66. The Bertz CT molecular complexity index is 390. The number of benzene rings is 1. The molecule has 3 N–H and O–H groups in total. The van der Waals surface area contributed by atoms with Gasteiger partial charge in [-0.1, -0.05) is 6.07 Å². The first-order valence-electron chi connectivity index (χ1n) is 4.93. The summed E-state index contributed by atoms with van der Waals surface area (Å²) in [6.45, 7) is 0. The number of rotatable bonds is 2. The van der Waals surface area contributed by atoms with Gasteiger partial charge in [-0.05, 0) is 36.1 Å². The van der Waals surface area contributed by atoms with Crippen molar-refractivity contribution in [3.8, 4) is 5.75 Å². The number of nitrogens with one attached hydrogen (secondary N) is 1. The standard InChI is InChI=1S/C11H14N2O2/c1-15-8-3-4-9-7(6-8)2-5-10(9)13-11(12)14/h3-4,6,10H,2,5H2,1H3,(H3,12,13,14). The number of carbonyl (C=O) groups excluding carboxylic acids is 1. The molecule has 1 atom stereocenters. The molecule has 1 aromatic rings. The summed E-state index contributed by atoms with van der Waals surface area (Å²) in [5.41, 5.74) is 7.49. The molecule has 1 aromatic carbocycles. The van der Waals surface area contributed by atoms with Crippen LogP contribution in [0.4, 0.5) is 4.79 Å². The van der Waals surface area contributed by atoms with Crippen LogP contribution in [0, 0.1) is 0 Å². The van der Waals surface area contributed by atoms with Crippen LogP contribution in [-0.4, -0.2) is 13.1 Å². The van der Waals surface area contributed by atoms with Gasteiger partial charge in [-0.3, -0.25) is 0 Å². The molecule has 0 fully saturated rings. The lowest BCUT2D eigenvalue weighted by Gasteiger charge is -2.12. The van der Waals surface area contributed by atoms with Crippen molar-refractivity contribution in [3.63, 3.8) is 0 Å². The third kappa shape index (κ3) is 1.88. The number of primary amides is 1. The summed E-state index contributed by atoms with van der Waals surface area (Å²) in [4.78, 5) is 10.8. The summed E-state index contributed by atoms with van der Waals surface area (Å²) < 4.78 is 5.14. The minimum absolute atomic E-state index is 0.0587. The summed E-state index contributed by atoms with van der Waals surface area (Å²) in [6, 6.07) is 5.49. The fraction of sp³-hybridized carbons (Fsp3) is 0.364. The third-order valence-corrected chi connectivity index (χ3v) is 2.74. The molecule has 1 unspecified atom stereocenters. The van der Waals surface area contributed by atoms with Crippen LogP contribution in [0.2, 0.25) is 0 Å². The molecule has 2 rings (SSSR count). The van der Waals surface area contributed by atoms with Crippen molar-refractivity contribution in [2.45, 2.75) is 18.9 Å². The van der Waals surface area contributed by atoms with E-state index in [4.69, 9.17) is 10.5 Å². The van der Waals surface area contributed by atoms with Gasteiger partial charge in [0.2, 0.25) is 0 Å². The number of ether oxygens (including phenoxy) is 1. The monoisotopic (exact) mass is 206 g/mol. The number of urea groups is 1. The molecule has 1 aliphatic carbocycles. The Labute approximate surface area is 88.4 Å². The van der Waals surface area contributed by atoms with Gasteiger partial charge in [-0.2, -0.15) is 0 Å². The van der Waals surface area contributed by atoms with Crippen LogP contribution in [0.25, 0.3) is 0 Å². The van der Waals surface area contributed by atoms with Gasteiger partial charge in [0, 0.05) is 0 Å². The lowest BCUT2D eigenvalue weighted by molar-refractivity contribution is 0.245. The summed E-state index contributed by atoms with van der Waals surface area (Å²) in [5, 5.41) is 2.73. The van der Waals surface area contributed by atoms with E-state index in [1.54, 1.807) is 7.11 Å². The average molecular weight is 206 g/mol. The molecular formula is C11H14N2O2. The highest BCUT2D eigenvalue weighted by molar-refractivity contribution is 5.72. The fourth-order valence-electron chi connectivity index (χ4n) is 2.04. The van der Waals surface area contributed by atoms with E-state index in [1.807, 2.05) is 18.2 Å². The van der Waals surface area contributed by atoms with Crippen LogP contribution in [0.1, 0.15) is 23.6 Å². The Morgan fingerprint density at radius 1 is 1.60 bits per heavy atom. The Kier molecular flexibility index (Phi) is 2.49. The number of methoxy groups -OCH3 is 1. The minimum atomic E-state index is -0.469. The predicted octanol–water partition coefficient (Wildman–Crippen LogP) is 1.35. The molecule has 0 radical (unpaired) electrons. The van der Waals surface area contributed by atoms with Gasteiger partial charge in [0.05, 0.1) is 13.2 Å². The van der Waals surface area contributed by atoms with E-state index in [0.29, 0.717) is 0 Å². The van der Waals surface area contributed by atoms with Crippen molar-refractivity contribution < 1.29 is 9.53 Å². The zero-order valence-electron chi connectivity index (χ0n) is 8.62. The molecule has 0 saturated carbocycles. The molecule has 0 heterocycles. The third-order valence-electron chi connectivity index (χ3n) is 2.74. The van der Waals surface area contributed by atoms with Gasteiger partial charge in [0.15, 0.2) is 0 Å². The van der Waals surface area contributed by atoms with E-state index in [2.05, 4.69) is 5.32 Å². The first-order chi connectivity index (χ1) is 7.20. The number of hydrogen-bond acceptors (Lipinski definition) is 2. The smallest absolute Gasteiger partial charge is 0.312 e. The van der Waals surface area contributed by atoms with Crippen LogP contribution in [-0.2, 0) is 6.42 Å². The molecule has 2 amide bonds. The molecule has 0 aliphatic heterocycles. The summed E-state index contributed by atoms with van der Waals surface area (Å²) >= 11 is 0. The second kappa shape index (κ2) is 3.81. The Morgan fingerprint density at radius 2 is 2.40 bits per heavy atom. The van der Waals surface area contributed by atoms with Crippen LogP contribution in [0.15, 0.2) is 18.2 Å². The van der Waals surface area contributed by atoms with Crippen molar-refractivity contribution >= 4 is 6.03 Å². The number of aryl methyl sites for hydroxylation is 1. The molecule has 4 heteroatoms. The number of hydrogen-bond donors (Lipinski definition) is 2. The topological polar surface area (TPSA) is 64.3 Å². The van der Waals surface area contributed by atoms with Crippen LogP contribution >= 0.6 is 0 Å². The van der Waals surface area contributed by atoms with E-state index in [-0.39, 0.29) is 6.04 Å². The average Bonchev–Trinajstić information content (AvgIpc) is 2.60. The van der Waals surface area contributed by atoms with Gasteiger partial charge in [0.1, 0.15) is 5.75 Å². The fourth-order valence-corrected chi connectivity index (χ4v) is 2.04. The van der Waals surface area contributed by atoms with Crippen LogP contribution in [0.3, 0.4) is 0 Å². The lowest BCUT2D eigenvalue weighted by Crippen LogP contribution is -2.32. The Balaban J connectivity index is 2.24. The highest BCUT2D eigenvalue weighted by atomic mass is 16.5. The van der Waals surface area contributed by atoms with Crippen molar-refractivity contribution in [1.29, 1.82) is 0 Å². The SMILES string of the molecule is COc1ccc2c(c1)CCC2NC(N)=O. The molecule has 0 saturated heterocycles. The molecule has 15 heavy (non-hydrogen) atoms. The van der Waals surface area contributed by atoms with Crippen molar-refractivity contribution in [1.82, 2.24) is 5.32 Å². The van der Waals surface area contributed by atoms with Crippen LogP contribution < -0.4 is 15.8 Å². The van der Waals surface area contributed by atoms with E-state index < -0.39 is 6.03 Å². The van der Waals surface area contributed by atoms with Gasteiger partial charge in [-0.25, -0.2) is 4.79 Å². The van der Waals surface area contributed by atoms with E-state index in [1.165, 1.54) is 5.56 Å². The maximum absolute atomic E-state index is 10.8.